The summed E-state index contributed by atoms with van der Waals surface area (Å²) < 4.78 is 8.32. The second-order valence-electron chi connectivity index (χ2n) is 8.12. The summed E-state index contributed by atoms with van der Waals surface area (Å²) in [5.41, 5.74) is 4.06. The van der Waals surface area contributed by atoms with Crippen LogP contribution in [0.1, 0.15) is 51.0 Å². The molecular weight excluding hydrogens is 412 g/mol. The van der Waals surface area contributed by atoms with Gasteiger partial charge in [-0.1, -0.05) is 69.2 Å². The van der Waals surface area contributed by atoms with Crippen molar-refractivity contribution in [1.82, 2.24) is 14.9 Å². The van der Waals surface area contributed by atoms with Crippen LogP contribution in [0.5, 0.6) is 5.75 Å². The average Bonchev–Trinajstić information content (AvgIpc) is 3.16. The van der Waals surface area contributed by atoms with Crippen LogP contribution < -0.4 is 15.4 Å². The second-order valence-corrected chi connectivity index (χ2v) is 8.12. The third kappa shape index (κ3) is 6.85. The van der Waals surface area contributed by atoms with Crippen LogP contribution in [0.15, 0.2) is 54.6 Å². The van der Waals surface area contributed by atoms with Gasteiger partial charge in [-0.05, 0) is 31.9 Å². The lowest BCUT2D eigenvalue weighted by molar-refractivity contribution is 0.251. The number of hydrogen-bond donors (Lipinski definition) is 2. The zero-order valence-corrected chi connectivity index (χ0v) is 20.1. The van der Waals surface area contributed by atoms with E-state index < -0.39 is 0 Å². The fourth-order valence-corrected chi connectivity index (χ4v) is 3.87. The molecule has 0 atom stereocenters. The van der Waals surface area contributed by atoms with E-state index in [-0.39, 0.29) is 6.03 Å². The fourth-order valence-electron chi connectivity index (χ4n) is 3.87. The number of amides is 2. The molecule has 6 heteroatoms. The Hall–Kier alpha value is -3.28. The van der Waals surface area contributed by atoms with E-state index >= 15 is 0 Å². The highest BCUT2D eigenvalue weighted by Gasteiger charge is 2.14. The summed E-state index contributed by atoms with van der Waals surface area (Å²) in [6.45, 7) is 8.48. The van der Waals surface area contributed by atoms with E-state index in [9.17, 15) is 4.79 Å². The number of unbranched alkanes of at least 4 members (excludes halogenated alkanes) is 2. The maximum atomic E-state index is 12.2. The van der Waals surface area contributed by atoms with Crippen molar-refractivity contribution < 1.29 is 9.53 Å². The molecule has 2 N–H and O–H groups in total. The minimum Gasteiger partial charge on any atom is -0.491 e. The van der Waals surface area contributed by atoms with Crippen molar-refractivity contribution >= 4 is 11.7 Å². The first kappa shape index (κ1) is 24.4. The number of aryl methyl sites for hydroxylation is 1. The molecule has 6 nitrogen and oxygen atoms in total. The highest BCUT2D eigenvalue weighted by atomic mass is 16.5. The van der Waals surface area contributed by atoms with Crippen LogP contribution in [0.4, 0.5) is 10.5 Å². The van der Waals surface area contributed by atoms with E-state index in [0.29, 0.717) is 24.6 Å². The molecule has 1 aromatic heterocycles. The van der Waals surface area contributed by atoms with Crippen LogP contribution >= 0.6 is 0 Å². The van der Waals surface area contributed by atoms with E-state index in [1.54, 1.807) is 0 Å². The van der Waals surface area contributed by atoms with Gasteiger partial charge in [0.1, 0.15) is 11.6 Å². The number of carbonyl (C=O) groups is 1. The van der Waals surface area contributed by atoms with Crippen molar-refractivity contribution in [2.24, 2.45) is 0 Å². The molecule has 0 saturated carbocycles. The Morgan fingerprint density at radius 1 is 1.00 bits per heavy atom. The Bertz CT molecular complexity index is 1010. The van der Waals surface area contributed by atoms with Crippen LogP contribution in [0, 0.1) is 6.92 Å². The van der Waals surface area contributed by atoms with Gasteiger partial charge in [0.2, 0.25) is 0 Å². The number of urea groups is 1. The quantitative estimate of drug-likeness (QED) is 0.324. The summed E-state index contributed by atoms with van der Waals surface area (Å²) in [7, 11) is 0. The molecule has 3 aromatic rings. The van der Waals surface area contributed by atoms with Gasteiger partial charge >= 0.3 is 6.03 Å². The highest BCUT2D eigenvalue weighted by molar-refractivity contribution is 5.90. The molecule has 0 unspecified atom stereocenters. The Kier molecular flexibility index (Phi) is 9.36. The van der Waals surface area contributed by atoms with Crippen molar-refractivity contribution in [1.29, 1.82) is 0 Å². The number of aromatic nitrogens is 2. The Morgan fingerprint density at radius 2 is 1.76 bits per heavy atom. The molecule has 0 aliphatic carbocycles. The van der Waals surface area contributed by atoms with Crippen molar-refractivity contribution in [2.45, 2.75) is 59.4 Å². The van der Waals surface area contributed by atoms with E-state index in [2.05, 4.69) is 48.1 Å². The number of nitrogens with zero attached hydrogens (tertiary/aromatic N) is 2. The Morgan fingerprint density at radius 3 is 2.52 bits per heavy atom. The number of imidazole rings is 1. The van der Waals surface area contributed by atoms with Gasteiger partial charge in [-0.15, -0.1) is 0 Å². The van der Waals surface area contributed by atoms with E-state index in [1.165, 1.54) is 5.69 Å². The van der Waals surface area contributed by atoms with Crippen LogP contribution in [0.3, 0.4) is 0 Å². The first-order chi connectivity index (χ1) is 16.1. The summed E-state index contributed by atoms with van der Waals surface area (Å²) in [6.07, 6.45) is 4.96. The number of ether oxygens (including phenoxy) is 1. The van der Waals surface area contributed by atoms with Crippen molar-refractivity contribution in [3.63, 3.8) is 0 Å². The van der Waals surface area contributed by atoms with Gasteiger partial charge in [0, 0.05) is 30.8 Å². The largest absolute Gasteiger partial charge is 0.491 e. The minimum atomic E-state index is -0.197. The molecule has 176 valence electrons. The number of hydrogen-bond acceptors (Lipinski definition) is 3. The maximum absolute atomic E-state index is 12.2. The molecule has 2 amide bonds. The summed E-state index contributed by atoms with van der Waals surface area (Å²) in [5.74, 6) is 1.78. The van der Waals surface area contributed by atoms with Gasteiger partial charge in [-0.25, -0.2) is 9.78 Å². The number of benzene rings is 2. The fraction of sp³-hybridized carbons (Fsp3) is 0.407. The van der Waals surface area contributed by atoms with Gasteiger partial charge in [-0.3, -0.25) is 0 Å². The van der Waals surface area contributed by atoms with Crippen molar-refractivity contribution in [3.05, 3.63) is 66.1 Å². The number of para-hydroxylation sites is 2. The van der Waals surface area contributed by atoms with Crippen LogP contribution in [-0.4, -0.2) is 28.7 Å². The van der Waals surface area contributed by atoms with E-state index in [4.69, 9.17) is 9.72 Å². The van der Waals surface area contributed by atoms with Crippen LogP contribution in [0.25, 0.3) is 11.3 Å². The molecule has 0 bridgehead atoms. The molecule has 0 fully saturated rings. The third-order valence-electron chi connectivity index (χ3n) is 5.65. The Balaban J connectivity index is 1.55. The topological polar surface area (TPSA) is 68.2 Å². The number of anilines is 1. The minimum absolute atomic E-state index is 0.197. The van der Waals surface area contributed by atoms with E-state index in [0.717, 1.165) is 55.7 Å². The SMILES string of the molecule is CCCCCNC(=O)Nc1ccccc1OCCCn1c(CC)nc(-c2ccccc2)c1C. The Labute approximate surface area is 197 Å². The number of nitrogens with one attached hydrogen (secondary N) is 2. The average molecular weight is 449 g/mol. The maximum Gasteiger partial charge on any atom is 0.319 e. The van der Waals surface area contributed by atoms with Gasteiger partial charge in [0.15, 0.2) is 0 Å². The standard InChI is InChI=1S/C27H36N4O2/c1-4-6-12-18-28-27(32)29-23-16-10-11-17-24(23)33-20-13-19-31-21(3)26(30-25(31)5-2)22-14-8-7-9-15-22/h7-11,14-17H,4-6,12-13,18-20H2,1-3H3,(H2,28,29,32). The van der Waals surface area contributed by atoms with Crippen molar-refractivity contribution in [2.75, 3.05) is 18.5 Å². The molecule has 0 aliphatic rings. The molecule has 0 aliphatic heterocycles. The summed E-state index contributed by atoms with van der Waals surface area (Å²) in [4.78, 5) is 17.1. The van der Waals surface area contributed by atoms with Crippen LogP contribution in [0.2, 0.25) is 0 Å². The number of rotatable bonds is 12. The van der Waals surface area contributed by atoms with E-state index in [1.807, 2.05) is 42.5 Å². The van der Waals surface area contributed by atoms with Gasteiger partial charge < -0.3 is 19.9 Å². The molecule has 0 spiro atoms. The molecule has 0 saturated heterocycles. The van der Waals surface area contributed by atoms with Gasteiger partial charge in [0.25, 0.3) is 0 Å². The van der Waals surface area contributed by atoms with Gasteiger partial charge in [0.05, 0.1) is 18.0 Å². The lowest BCUT2D eigenvalue weighted by Gasteiger charge is -2.14. The lowest BCUT2D eigenvalue weighted by Crippen LogP contribution is -2.29. The predicted octanol–water partition coefficient (Wildman–Crippen LogP) is 6.20. The smallest absolute Gasteiger partial charge is 0.319 e. The van der Waals surface area contributed by atoms with Crippen LogP contribution in [-0.2, 0) is 13.0 Å². The lowest BCUT2D eigenvalue weighted by atomic mass is 10.1. The third-order valence-corrected chi connectivity index (χ3v) is 5.65. The first-order valence-corrected chi connectivity index (χ1v) is 12.0. The summed E-state index contributed by atoms with van der Waals surface area (Å²) in [6, 6.07) is 17.7. The van der Waals surface area contributed by atoms with Gasteiger partial charge in [-0.2, -0.15) is 0 Å². The summed E-state index contributed by atoms with van der Waals surface area (Å²) >= 11 is 0. The highest BCUT2D eigenvalue weighted by Crippen LogP contribution is 2.25. The van der Waals surface area contributed by atoms with Crippen molar-refractivity contribution in [3.8, 4) is 17.0 Å². The molecule has 3 rings (SSSR count). The molecule has 33 heavy (non-hydrogen) atoms. The zero-order chi connectivity index (χ0) is 23.5. The number of carbonyl (C=O) groups excluding carboxylic acids is 1. The monoisotopic (exact) mass is 448 g/mol. The predicted molar refractivity (Wildman–Crippen MR) is 135 cm³/mol. The summed E-state index contributed by atoms with van der Waals surface area (Å²) in [5, 5.41) is 5.81. The second kappa shape index (κ2) is 12.7. The normalized spacial score (nSPS) is 10.8. The molecule has 1 heterocycles. The zero-order valence-electron chi connectivity index (χ0n) is 20.1. The molecular formula is C27H36N4O2. The molecule has 0 radical (unpaired) electrons. The first-order valence-electron chi connectivity index (χ1n) is 12.0. The molecule has 2 aromatic carbocycles.